The number of rotatable bonds is 4. The third-order valence-corrected chi connectivity index (χ3v) is 8.65. The fourth-order valence-corrected chi connectivity index (χ4v) is 6.90. The van der Waals surface area contributed by atoms with Gasteiger partial charge in [-0.15, -0.1) is 0 Å². The Hall–Kier alpha value is -3.91. The van der Waals surface area contributed by atoms with Crippen LogP contribution in [0.5, 0.6) is 0 Å². The van der Waals surface area contributed by atoms with Crippen LogP contribution < -0.4 is 35.1 Å². The Morgan fingerprint density at radius 1 is 0.750 bits per heavy atom. The van der Waals surface area contributed by atoms with Crippen molar-refractivity contribution >= 4 is 11.1 Å². The molecule has 2 heterocycles. The van der Waals surface area contributed by atoms with Crippen LogP contribution in [0.4, 0.5) is 0 Å². The minimum absolute atomic E-state index is 0.0701. The van der Waals surface area contributed by atoms with Crippen molar-refractivity contribution in [2.75, 3.05) is 0 Å². The summed E-state index contributed by atoms with van der Waals surface area (Å²) in [6.07, 6.45) is 19.8. The highest BCUT2D eigenvalue weighted by Crippen LogP contribution is 2.48. The maximum atomic E-state index is 8.60. The maximum Gasteiger partial charge on any atom is 0.0777 e. The highest BCUT2D eigenvalue weighted by atomic mass is 35.7. The predicted molar refractivity (Wildman–Crippen MR) is 165 cm³/mol. The van der Waals surface area contributed by atoms with Crippen LogP contribution in [0.25, 0.3) is 11.1 Å². The second-order valence-electron chi connectivity index (χ2n) is 12.4. The standard InChI is InChI=1S/C37H36N2.ClHO4/c1-24-22-32-34(26-16-12-14-20-30(26)38-32)36(3,4)28(24)18-10-8-7-9-11-19-29-25(2)23-33-35(37(29,5)6)27-17-13-15-21-31(27)39-33;2-1(3,4)5/h7-24H,1-6H3;(H,2,3,4,5). The lowest BCUT2D eigenvalue weighted by molar-refractivity contribution is -1.92. The van der Waals surface area contributed by atoms with E-state index in [1.54, 1.807) is 0 Å². The zero-order chi connectivity index (χ0) is 31.9. The summed E-state index contributed by atoms with van der Waals surface area (Å²) >= 11 is 0. The number of benzene rings is 2. The average Bonchev–Trinajstić information content (AvgIpc) is 3.48. The number of para-hydroxylation sites is 2. The molecular formula is C37H37ClN2O4. The van der Waals surface area contributed by atoms with E-state index < -0.39 is 10.2 Å². The first-order valence-corrected chi connectivity index (χ1v) is 15.8. The number of nitrogens with zero attached hydrogens (tertiary/aromatic N) is 2. The molecule has 2 aromatic rings. The van der Waals surface area contributed by atoms with Crippen LogP contribution in [-0.4, -0.2) is 4.66 Å². The molecule has 0 aromatic heterocycles. The molecule has 6 nitrogen and oxygen atoms in total. The van der Waals surface area contributed by atoms with Crippen molar-refractivity contribution < 1.29 is 28.9 Å². The molecule has 0 bridgehead atoms. The quantitative estimate of drug-likeness (QED) is 0.536. The summed E-state index contributed by atoms with van der Waals surface area (Å²) in [6.45, 7) is 13.8. The number of fused-ring (bicyclic) bond motifs is 4. The fourth-order valence-electron chi connectivity index (χ4n) is 6.90. The van der Waals surface area contributed by atoms with E-state index in [-0.39, 0.29) is 10.8 Å². The number of allylic oxidation sites excluding steroid dienone is 14. The van der Waals surface area contributed by atoms with Gasteiger partial charge in [0.2, 0.25) is 0 Å². The van der Waals surface area contributed by atoms with Crippen LogP contribution in [0.3, 0.4) is 0 Å². The minimum atomic E-state index is -4.69. The summed E-state index contributed by atoms with van der Waals surface area (Å²) in [5.41, 5.74) is 8.78. The molecule has 1 atom stereocenters. The molecule has 0 amide bonds. The first-order valence-electron chi connectivity index (χ1n) is 14.6. The smallest absolute Gasteiger partial charge is 0.0777 e. The number of hydrogen-bond donors (Lipinski definition) is 1. The topological polar surface area (TPSA) is 114 Å². The first kappa shape index (κ1) is 31.5. The summed E-state index contributed by atoms with van der Waals surface area (Å²) in [5, 5.41) is 4.70. The van der Waals surface area contributed by atoms with E-state index in [4.69, 9.17) is 28.6 Å². The zero-order valence-corrected chi connectivity index (χ0v) is 26.6. The summed E-state index contributed by atoms with van der Waals surface area (Å²) in [4.78, 5) is 9.81. The van der Waals surface area contributed by atoms with Gasteiger partial charge in [-0.3, -0.25) is 0 Å². The van der Waals surface area contributed by atoms with Gasteiger partial charge in [0.1, 0.15) is 0 Å². The van der Waals surface area contributed by atoms with Crippen molar-refractivity contribution in [3.8, 4) is 0 Å². The molecule has 2 aliphatic carbocycles. The van der Waals surface area contributed by atoms with Crippen LogP contribution >= 0.6 is 0 Å². The summed E-state index contributed by atoms with van der Waals surface area (Å²) in [5.74, 6) is 0.344. The second-order valence-corrected chi connectivity index (χ2v) is 13.2. The lowest BCUT2D eigenvalue weighted by atomic mass is 9.67. The van der Waals surface area contributed by atoms with Crippen LogP contribution in [0.1, 0.15) is 41.5 Å². The molecule has 2 aliphatic heterocycles. The molecule has 0 fully saturated rings. The Balaban J connectivity index is 0.000000712. The van der Waals surface area contributed by atoms with Crippen molar-refractivity contribution in [2.45, 2.75) is 41.5 Å². The molecule has 7 heteroatoms. The normalized spacial score (nSPS) is 22.2. The zero-order valence-electron chi connectivity index (χ0n) is 25.8. The van der Waals surface area contributed by atoms with E-state index in [0.717, 1.165) is 22.1 Å². The summed E-state index contributed by atoms with van der Waals surface area (Å²) < 4.78 is 32.7. The molecule has 44 heavy (non-hydrogen) atoms. The van der Waals surface area contributed by atoms with E-state index >= 15 is 0 Å². The fraction of sp³-hybridized carbons (Fsp3) is 0.243. The van der Waals surface area contributed by atoms with Gasteiger partial charge in [0.05, 0.1) is 37.0 Å². The van der Waals surface area contributed by atoms with Crippen molar-refractivity contribution in [3.05, 3.63) is 152 Å². The lowest BCUT2D eigenvalue weighted by Crippen LogP contribution is -2.58. The van der Waals surface area contributed by atoms with E-state index in [0.29, 0.717) is 5.92 Å². The Bertz CT molecular complexity index is 1970. The highest BCUT2D eigenvalue weighted by Gasteiger charge is 2.38. The van der Waals surface area contributed by atoms with Gasteiger partial charge in [-0.25, -0.2) is 9.98 Å². The largest absolute Gasteiger partial charge is 0.248 e. The second kappa shape index (κ2) is 11.9. The van der Waals surface area contributed by atoms with Crippen molar-refractivity contribution in [1.82, 2.24) is 0 Å². The van der Waals surface area contributed by atoms with Crippen molar-refractivity contribution in [2.24, 2.45) is 26.7 Å². The molecule has 0 radical (unpaired) electrons. The number of hydrogen-bond acceptors (Lipinski definition) is 6. The molecule has 0 saturated heterocycles. The van der Waals surface area contributed by atoms with Crippen LogP contribution in [0.2, 0.25) is 0 Å². The maximum absolute atomic E-state index is 8.60. The van der Waals surface area contributed by atoms with E-state index in [1.807, 2.05) is 0 Å². The summed E-state index contributed by atoms with van der Waals surface area (Å²) in [7, 11) is -4.69. The lowest BCUT2D eigenvalue weighted by Gasteiger charge is -2.37. The molecule has 0 saturated carbocycles. The van der Waals surface area contributed by atoms with Gasteiger partial charge < -0.3 is 0 Å². The van der Waals surface area contributed by atoms with Crippen LogP contribution in [-0.2, 0) is 0 Å². The molecule has 1 N–H and O–H groups in total. The molecule has 6 rings (SSSR count). The highest BCUT2D eigenvalue weighted by molar-refractivity contribution is 5.78. The van der Waals surface area contributed by atoms with Gasteiger partial charge >= 0.3 is 0 Å². The Morgan fingerprint density at radius 2 is 1.25 bits per heavy atom. The molecule has 2 aromatic carbocycles. The van der Waals surface area contributed by atoms with Crippen LogP contribution in [0.15, 0.2) is 141 Å². The minimum Gasteiger partial charge on any atom is -0.248 e. The molecule has 4 aliphatic rings. The van der Waals surface area contributed by atoms with Crippen molar-refractivity contribution in [1.29, 1.82) is 0 Å². The van der Waals surface area contributed by atoms with E-state index in [1.165, 1.54) is 38.3 Å². The molecule has 1 unspecified atom stereocenters. The third-order valence-electron chi connectivity index (χ3n) is 8.65. The SMILES string of the molecule is CC1=C(C=CC=CC=CC=C2C(C)C=C3N=c4ccccc4=C3C2(C)C)C(C)(C)C2=c3ccccc3=NC2=C1.[O-][Cl+3]([O-])([O-])O. The first-order chi connectivity index (χ1) is 20.7. The molecule has 0 spiro atoms. The van der Waals surface area contributed by atoms with E-state index in [9.17, 15) is 0 Å². The van der Waals surface area contributed by atoms with Gasteiger partial charge in [0.15, 0.2) is 0 Å². The van der Waals surface area contributed by atoms with Gasteiger partial charge in [-0.1, -0.05) is 125 Å². The summed E-state index contributed by atoms with van der Waals surface area (Å²) in [6, 6.07) is 17.0. The van der Waals surface area contributed by atoms with Crippen molar-refractivity contribution in [3.63, 3.8) is 0 Å². The Labute approximate surface area is 260 Å². The van der Waals surface area contributed by atoms with E-state index in [2.05, 4.69) is 145 Å². The Kier molecular flexibility index (Phi) is 8.51. The predicted octanol–water partition coefficient (Wildman–Crippen LogP) is 2.23. The molecular weight excluding hydrogens is 572 g/mol. The van der Waals surface area contributed by atoms with Gasteiger partial charge in [-0.05, 0) is 53.3 Å². The van der Waals surface area contributed by atoms with Gasteiger partial charge in [-0.2, -0.15) is 14.0 Å². The third kappa shape index (κ3) is 6.18. The monoisotopic (exact) mass is 608 g/mol. The Morgan fingerprint density at radius 3 is 1.86 bits per heavy atom. The van der Waals surface area contributed by atoms with Gasteiger partial charge in [0, 0.05) is 21.3 Å². The average molecular weight is 609 g/mol. The number of halogens is 1. The molecule has 226 valence electrons. The van der Waals surface area contributed by atoms with Crippen LogP contribution in [0, 0.1) is 27.0 Å². The van der Waals surface area contributed by atoms with Gasteiger partial charge in [0.25, 0.3) is 0 Å².